The van der Waals surface area contributed by atoms with Crippen molar-refractivity contribution in [3.05, 3.63) is 33.3 Å². The minimum absolute atomic E-state index is 0.208. The molecule has 3 heteroatoms. The van der Waals surface area contributed by atoms with Gasteiger partial charge in [-0.2, -0.15) is 0 Å². The summed E-state index contributed by atoms with van der Waals surface area (Å²) in [6.07, 6.45) is 1.91. The zero-order chi connectivity index (χ0) is 11.4. The van der Waals surface area contributed by atoms with Gasteiger partial charge in [-0.05, 0) is 42.5 Å². The van der Waals surface area contributed by atoms with E-state index in [9.17, 15) is 0 Å². The molecule has 15 heavy (non-hydrogen) atoms. The summed E-state index contributed by atoms with van der Waals surface area (Å²) < 4.78 is 1.09. The summed E-state index contributed by atoms with van der Waals surface area (Å²) in [6, 6.07) is 6.04. The molecule has 1 rings (SSSR count). The molecule has 1 nitrogen and oxygen atoms in total. The molecule has 1 aromatic rings. The molecule has 0 heterocycles. The number of nitrogens with two attached hydrogens (primary N) is 1. The van der Waals surface area contributed by atoms with Crippen LogP contribution in [0.2, 0.25) is 5.02 Å². The summed E-state index contributed by atoms with van der Waals surface area (Å²) >= 11 is 9.46. The van der Waals surface area contributed by atoms with Gasteiger partial charge >= 0.3 is 0 Å². The first-order valence-corrected chi connectivity index (χ1v) is 6.35. The van der Waals surface area contributed by atoms with Crippen molar-refractivity contribution in [2.45, 2.75) is 32.7 Å². The quantitative estimate of drug-likeness (QED) is 0.890. The largest absolute Gasteiger partial charge is 0.327 e. The molecule has 0 spiro atoms. The van der Waals surface area contributed by atoms with Crippen molar-refractivity contribution in [2.24, 2.45) is 11.7 Å². The lowest BCUT2D eigenvalue weighted by atomic mass is 9.98. The molecule has 1 aromatic carbocycles. The Morgan fingerprint density at radius 2 is 2.07 bits per heavy atom. The molecular formula is C12H17BrClN. The van der Waals surface area contributed by atoms with Crippen molar-refractivity contribution in [1.29, 1.82) is 0 Å². The Morgan fingerprint density at radius 3 is 2.67 bits per heavy atom. The van der Waals surface area contributed by atoms with Gasteiger partial charge in [0.25, 0.3) is 0 Å². The van der Waals surface area contributed by atoms with Crippen LogP contribution in [0.3, 0.4) is 0 Å². The second-order valence-electron chi connectivity index (χ2n) is 4.33. The summed E-state index contributed by atoms with van der Waals surface area (Å²) in [4.78, 5) is 0. The van der Waals surface area contributed by atoms with Crippen LogP contribution in [0.5, 0.6) is 0 Å². The Labute approximate surface area is 105 Å². The van der Waals surface area contributed by atoms with Crippen molar-refractivity contribution < 1.29 is 0 Å². The lowest BCUT2D eigenvalue weighted by Gasteiger charge is -2.15. The van der Waals surface area contributed by atoms with Crippen LogP contribution in [-0.2, 0) is 6.42 Å². The molecular weight excluding hydrogens is 273 g/mol. The fourth-order valence-electron chi connectivity index (χ4n) is 1.67. The minimum Gasteiger partial charge on any atom is -0.327 e. The van der Waals surface area contributed by atoms with E-state index in [-0.39, 0.29) is 6.04 Å². The molecule has 0 aliphatic rings. The van der Waals surface area contributed by atoms with Crippen molar-refractivity contribution in [3.63, 3.8) is 0 Å². The lowest BCUT2D eigenvalue weighted by molar-refractivity contribution is 0.493. The van der Waals surface area contributed by atoms with Gasteiger partial charge in [-0.1, -0.05) is 41.4 Å². The lowest BCUT2D eigenvalue weighted by Crippen LogP contribution is -2.24. The van der Waals surface area contributed by atoms with Gasteiger partial charge in [-0.15, -0.1) is 0 Å². The van der Waals surface area contributed by atoms with Crippen LogP contribution in [0.25, 0.3) is 0 Å². The first kappa shape index (κ1) is 13.0. The third kappa shape index (κ3) is 4.54. The fourth-order valence-corrected chi connectivity index (χ4v) is 2.27. The molecule has 0 saturated heterocycles. The van der Waals surface area contributed by atoms with Gasteiger partial charge in [0.05, 0.1) is 0 Å². The van der Waals surface area contributed by atoms with Crippen LogP contribution in [0, 0.1) is 5.92 Å². The average molecular weight is 291 g/mol. The van der Waals surface area contributed by atoms with Gasteiger partial charge < -0.3 is 5.73 Å². The third-order valence-electron chi connectivity index (χ3n) is 2.26. The van der Waals surface area contributed by atoms with Crippen molar-refractivity contribution >= 4 is 27.5 Å². The topological polar surface area (TPSA) is 26.0 Å². The number of halogens is 2. The Bertz CT molecular complexity index is 325. The fraction of sp³-hybridized carbons (Fsp3) is 0.500. The molecule has 1 unspecified atom stereocenters. The van der Waals surface area contributed by atoms with Crippen LogP contribution >= 0.6 is 27.5 Å². The Kier molecular flexibility index (Phi) is 5.10. The predicted molar refractivity (Wildman–Crippen MR) is 70.3 cm³/mol. The van der Waals surface area contributed by atoms with Crippen LogP contribution < -0.4 is 5.73 Å². The maximum atomic E-state index is 6.06. The third-order valence-corrected chi connectivity index (χ3v) is 3.27. The molecule has 0 amide bonds. The first-order chi connectivity index (χ1) is 6.99. The van der Waals surface area contributed by atoms with E-state index in [1.807, 2.05) is 18.2 Å². The van der Waals surface area contributed by atoms with Gasteiger partial charge in [-0.25, -0.2) is 0 Å². The molecule has 1 atom stereocenters. The minimum atomic E-state index is 0.208. The molecule has 0 bridgehead atoms. The van der Waals surface area contributed by atoms with Gasteiger partial charge in [0, 0.05) is 15.5 Å². The zero-order valence-electron chi connectivity index (χ0n) is 9.13. The Balaban J connectivity index is 2.67. The van der Waals surface area contributed by atoms with Gasteiger partial charge in [0.2, 0.25) is 0 Å². The van der Waals surface area contributed by atoms with E-state index < -0.39 is 0 Å². The van der Waals surface area contributed by atoms with Crippen molar-refractivity contribution in [1.82, 2.24) is 0 Å². The smallest absolute Gasteiger partial charge is 0.0409 e. The highest BCUT2D eigenvalue weighted by Gasteiger charge is 2.09. The number of benzene rings is 1. The molecule has 0 radical (unpaired) electrons. The molecule has 0 aromatic heterocycles. The summed E-state index contributed by atoms with van der Waals surface area (Å²) in [5, 5.41) is 0.768. The summed E-state index contributed by atoms with van der Waals surface area (Å²) in [6.45, 7) is 4.37. The molecule has 2 N–H and O–H groups in total. The second-order valence-corrected chi connectivity index (χ2v) is 5.62. The summed E-state index contributed by atoms with van der Waals surface area (Å²) in [5.74, 6) is 0.637. The predicted octanol–water partition coefficient (Wildman–Crippen LogP) is 4.02. The molecule has 0 fully saturated rings. The Morgan fingerprint density at radius 1 is 1.40 bits per heavy atom. The molecule has 0 aliphatic carbocycles. The number of hydrogen-bond donors (Lipinski definition) is 1. The van der Waals surface area contributed by atoms with E-state index >= 15 is 0 Å². The molecule has 0 aliphatic heterocycles. The number of rotatable bonds is 4. The van der Waals surface area contributed by atoms with Crippen molar-refractivity contribution in [3.8, 4) is 0 Å². The highest BCUT2D eigenvalue weighted by atomic mass is 79.9. The van der Waals surface area contributed by atoms with Gasteiger partial charge in [0.15, 0.2) is 0 Å². The zero-order valence-corrected chi connectivity index (χ0v) is 11.5. The monoisotopic (exact) mass is 289 g/mol. The number of hydrogen-bond acceptors (Lipinski definition) is 1. The highest BCUT2D eigenvalue weighted by molar-refractivity contribution is 9.10. The second kappa shape index (κ2) is 5.88. The van der Waals surface area contributed by atoms with E-state index in [0.29, 0.717) is 5.92 Å². The maximum Gasteiger partial charge on any atom is 0.0409 e. The summed E-state index contributed by atoms with van der Waals surface area (Å²) in [7, 11) is 0. The maximum absolute atomic E-state index is 6.06. The summed E-state index contributed by atoms with van der Waals surface area (Å²) in [5.41, 5.74) is 7.25. The van der Waals surface area contributed by atoms with Crippen LogP contribution in [0.1, 0.15) is 25.8 Å². The van der Waals surface area contributed by atoms with E-state index in [2.05, 4.69) is 29.8 Å². The Hall–Kier alpha value is -0.0500. The average Bonchev–Trinajstić information content (AvgIpc) is 2.10. The molecule has 0 saturated carbocycles. The highest BCUT2D eigenvalue weighted by Crippen LogP contribution is 2.23. The van der Waals surface area contributed by atoms with Gasteiger partial charge in [0.1, 0.15) is 0 Å². The van der Waals surface area contributed by atoms with Gasteiger partial charge in [-0.3, -0.25) is 0 Å². The van der Waals surface area contributed by atoms with Crippen LogP contribution in [-0.4, -0.2) is 6.04 Å². The van der Waals surface area contributed by atoms with Crippen molar-refractivity contribution in [2.75, 3.05) is 0 Å². The van der Waals surface area contributed by atoms with E-state index in [4.69, 9.17) is 17.3 Å². The van der Waals surface area contributed by atoms with E-state index in [0.717, 1.165) is 22.3 Å². The SMILES string of the molecule is CC(C)CC(N)Cc1cc(Cl)ccc1Br. The first-order valence-electron chi connectivity index (χ1n) is 5.18. The van der Waals surface area contributed by atoms with E-state index in [1.165, 1.54) is 5.56 Å². The van der Waals surface area contributed by atoms with Crippen LogP contribution in [0.4, 0.5) is 0 Å². The molecule has 84 valence electrons. The standard InChI is InChI=1S/C12H17BrClN/c1-8(2)5-11(15)7-9-6-10(14)3-4-12(9)13/h3-4,6,8,11H,5,7,15H2,1-2H3. The van der Waals surface area contributed by atoms with Crippen LogP contribution in [0.15, 0.2) is 22.7 Å². The normalized spacial score (nSPS) is 13.2. The van der Waals surface area contributed by atoms with E-state index in [1.54, 1.807) is 0 Å².